The molecule has 2 N–H and O–H groups in total. The molecule has 1 aromatic heterocycles. The minimum Gasteiger partial charge on any atom is -0.456 e. The fourth-order valence-electron chi connectivity index (χ4n) is 1.92. The van der Waals surface area contributed by atoms with Gasteiger partial charge in [0, 0.05) is 12.2 Å². The van der Waals surface area contributed by atoms with Gasteiger partial charge < -0.3 is 10.5 Å². The van der Waals surface area contributed by atoms with E-state index < -0.39 is 5.97 Å². The van der Waals surface area contributed by atoms with Crippen LogP contribution < -0.4 is 5.73 Å². The van der Waals surface area contributed by atoms with Crippen LogP contribution in [-0.2, 0) is 17.9 Å². The third-order valence-corrected chi connectivity index (χ3v) is 4.35. The lowest BCUT2D eigenvalue weighted by Crippen LogP contribution is -2.10. The van der Waals surface area contributed by atoms with E-state index in [2.05, 4.69) is 21.0 Å². The third kappa shape index (κ3) is 3.39. The quantitative estimate of drug-likeness (QED) is 0.658. The lowest BCUT2D eigenvalue weighted by Gasteiger charge is -2.08. The van der Waals surface area contributed by atoms with Crippen LogP contribution in [0, 0.1) is 6.92 Å². The summed E-state index contributed by atoms with van der Waals surface area (Å²) in [4.78, 5) is 12.1. The summed E-state index contributed by atoms with van der Waals surface area (Å²) in [6, 6.07) is 4.69. The van der Waals surface area contributed by atoms with Gasteiger partial charge in [0.05, 0.1) is 26.4 Å². The number of anilines is 1. The highest BCUT2D eigenvalue weighted by atomic mass is 79.9. The third-order valence-electron chi connectivity index (χ3n) is 3.01. The van der Waals surface area contributed by atoms with Crippen LogP contribution in [0.2, 0.25) is 5.02 Å². The number of aromatic nitrogens is 2. The number of nitrogens with zero attached hydrogens (tertiary/aromatic N) is 2. The molecule has 21 heavy (non-hydrogen) atoms. The van der Waals surface area contributed by atoms with Crippen molar-refractivity contribution in [3.63, 3.8) is 0 Å². The molecule has 0 spiro atoms. The molecule has 0 aliphatic rings. The molecule has 0 fully saturated rings. The van der Waals surface area contributed by atoms with E-state index in [0.717, 1.165) is 15.9 Å². The summed E-state index contributed by atoms with van der Waals surface area (Å²) in [6.07, 6.45) is 0. The summed E-state index contributed by atoms with van der Waals surface area (Å²) in [5.41, 5.74) is 8.06. The van der Waals surface area contributed by atoms with Gasteiger partial charge >= 0.3 is 5.97 Å². The Morgan fingerprint density at radius 1 is 1.52 bits per heavy atom. The van der Waals surface area contributed by atoms with Gasteiger partial charge in [0.1, 0.15) is 6.61 Å². The Kier molecular flexibility index (Phi) is 4.90. The van der Waals surface area contributed by atoms with Gasteiger partial charge in [-0.3, -0.25) is 4.68 Å². The number of nitrogens with two attached hydrogens (primary N) is 1. The first-order valence-electron chi connectivity index (χ1n) is 6.38. The Bertz CT molecular complexity index is 685. The van der Waals surface area contributed by atoms with Crippen molar-refractivity contribution in [2.75, 3.05) is 5.73 Å². The van der Waals surface area contributed by atoms with E-state index in [1.54, 1.807) is 16.8 Å². The number of rotatable bonds is 4. The second-order valence-electron chi connectivity index (χ2n) is 4.48. The van der Waals surface area contributed by atoms with Crippen LogP contribution in [0.4, 0.5) is 5.69 Å². The molecule has 7 heteroatoms. The maximum absolute atomic E-state index is 12.1. The van der Waals surface area contributed by atoms with Crippen molar-refractivity contribution in [3.05, 3.63) is 44.6 Å². The lowest BCUT2D eigenvalue weighted by molar-refractivity contribution is 0.0462. The van der Waals surface area contributed by atoms with E-state index in [4.69, 9.17) is 22.1 Å². The number of carbonyl (C=O) groups excluding carboxylic acids is 1. The predicted octanol–water partition coefficient (Wildman–Crippen LogP) is 3.57. The molecule has 112 valence electrons. The highest BCUT2D eigenvalue weighted by Gasteiger charge is 2.16. The zero-order chi connectivity index (χ0) is 15.6. The Balaban J connectivity index is 2.14. The van der Waals surface area contributed by atoms with Crippen LogP contribution in [0.5, 0.6) is 0 Å². The molecule has 5 nitrogen and oxygen atoms in total. The van der Waals surface area contributed by atoms with Gasteiger partial charge in [-0.15, -0.1) is 0 Å². The molecule has 0 amide bonds. The molecule has 2 rings (SSSR count). The van der Waals surface area contributed by atoms with Gasteiger partial charge in [0.2, 0.25) is 0 Å². The zero-order valence-corrected chi connectivity index (χ0v) is 14.0. The number of esters is 1. The van der Waals surface area contributed by atoms with Crippen LogP contribution in [0.1, 0.15) is 28.7 Å². The monoisotopic (exact) mass is 371 g/mol. The maximum Gasteiger partial charge on any atom is 0.340 e. The van der Waals surface area contributed by atoms with Gasteiger partial charge in [-0.1, -0.05) is 11.6 Å². The molecule has 0 bridgehead atoms. The average molecular weight is 373 g/mol. The molecule has 0 unspecified atom stereocenters. The number of hydrogen-bond acceptors (Lipinski definition) is 4. The standard InChI is InChI=1S/C14H15BrClN3O2/c1-3-19-12(13(15)8(2)18-19)7-21-14(20)10-5-4-9(17)6-11(10)16/h4-6H,3,7,17H2,1-2H3. The Morgan fingerprint density at radius 3 is 2.86 bits per heavy atom. The fourth-order valence-corrected chi connectivity index (χ4v) is 2.58. The minimum atomic E-state index is -0.492. The Morgan fingerprint density at radius 2 is 2.24 bits per heavy atom. The summed E-state index contributed by atoms with van der Waals surface area (Å²) in [7, 11) is 0. The van der Waals surface area contributed by atoms with Crippen molar-refractivity contribution in [3.8, 4) is 0 Å². The molecule has 0 saturated heterocycles. The molecule has 1 heterocycles. The number of aryl methyl sites for hydroxylation is 2. The number of ether oxygens (including phenoxy) is 1. The van der Waals surface area contributed by atoms with Gasteiger partial charge in [-0.25, -0.2) is 4.79 Å². The summed E-state index contributed by atoms with van der Waals surface area (Å²) < 4.78 is 7.95. The van der Waals surface area contributed by atoms with Crippen LogP contribution in [0.25, 0.3) is 0 Å². The molecule has 0 aliphatic heterocycles. The molecule has 0 aliphatic carbocycles. The predicted molar refractivity (Wildman–Crippen MR) is 85.3 cm³/mol. The molecule has 0 atom stereocenters. The first-order valence-corrected chi connectivity index (χ1v) is 7.55. The number of halogens is 2. The second kappa shape index (κ2) is 6.49. The van der Waals surface area contributed by atoms with E-state index >= 15 is 0 Å². The van der Waals surface area contributed by atoms with E-state index in [1.165, 1.54) is 6.07 Å². The molecular weight excluding hydrogens is 358 g/mol. The normalized spacial score (nSPS) is 10.7. The van der Waals surface area contributed by atoms with Crippen LogP contribution in [-0.4, -0.2) is 15.7 Å². The smallest absolute Gasteiger partial charge is 0.340 e. The van der Waals surface area contributed by atoms with Crippen molar-refractivity contribution in [2.45, 2.75) is 27.0 Å². The molecule has 2 aromatic rings. The van der Waals surface area contributed by atoms with Crippen molar-refractivity contribution in [1.29, 1.82) is 0 Å². The first kappa shape index (κ1) is 15.9. The highest BCUT2D eigenvalue weighted by Crippen LogP contribution is 2.24. The van der Waals surface area contributed by atoms with Crippen molar-refractivity contribution < 1.29 is 9.53 Å². The number of hydrogen-bond donors (Lipinski definition) is 1. The molecule has 0 radical (unpaired) electrons. The van der Waals surface area contributed by atoms with Gasteiger partial charge in [-0.05, 0) is 48.0 Å². The summed E-state index contributed by atoms with van der Waals surface area (Å²) in [6.45, 7) is 4.68. The largest absolute Gasteiger partial charge is 0.456 e. The van der Waals surface area contributed by atoms with Gasteiger partial charge in [-0.2, -0.15) is 5.10 Å². The number of nitrogen functional groups attached to an aromatic ring is 1. The Labute approximate surface area is 136 Å². The lowest BCUT2D eigenvalue weighted by atomic mass is 10.2. The highest BCUT2D eigenvalue weighted by molar-refractivity contribution is 9.10. The zero-order valence-electron chi connectivity index (χ0n) is 11.7. The maximum atomic E-state index is 12.1. The first-order chi connectivity index (χ1) is 9.93. The van der Waals surface area contributed by atoms with Gasteiger partial charge in [0.15, 0.2) is 0 Å². The minimum absolute atomic E-state index is 0.120. The van der Waals surface area contributed by atoms with E-state index in [1.807, 2.05) is 13.8 Å². The summed E-state index contributed by atoms with van der Waals surface area (Å²) in [5.74, 6) is -0.492. The van der Waals surface area contributed by atoms with E-state index in [9.17, 15) is 4.79 Å². The van der Waals surface area contributed by atoms with E-state index in [0.29, 0.717) is 17.8 Å². The van der Waals surface area contributed by atoms with Crippen molar-refractivity contribution >= 4 is 39.2 Å². The summed E-state index contributed by atoms with van der Waals surface area (Å²) >= 11 is 9.45. The number of benzene rings is 1. The van der Waals surface area contributed by atoms with Gasteiger partial charge in [0.25, 0.3) is 0 Å². The average Bonchev–Trinajstić information content (AvgIpc) is 2.71. The fraction of sp³-hybridized carbons (Fsp3) is 0.286. The van der Waals surface area contributed by atoms with Crippen molar-refractivity contribution in [1.82, 2.24) is 9.78 Å². The van der Waals surface area contributed by atoms with Crippen LogP contribution in [0.15, 0.2) is 22.7 Å². The molecule has 0 saturated carbocycles. The molecule has 1 aromatic carbocycles. The molecular formula is C14H15BrClN3O2. The second-order valence-corrected chi connectivity index (χ2v) is 5.68. The van der Waals surface area contributed by atoms with Crippen LogP contribution in [0.3, 0.4) is 0 Å². The van der Waals surface area contributed by atoms with Crippen LogP contribution >= 0.6 is 27.5 Å². The summed E-state index contributed by atoms with van der Waals surface area (Å²) in [5, 5.41) is 4.62. The van der Waals surface area contributed by atoms with Crippen molar-refractivity contribution in [2.24, 2.45) is 0 Å². The topological polar surface area (TPSA) is 70.1 Å². The Hall–Kier alpha value is -1.53. The number of carbonyl (C=O) groups is 1. The van der Waals surface area contributed by atoms with E-state index in [-0.39, 0.29) is 11.6 Å². The SMILES string of the molecule is CCn1nc(C)c(Br)c1COC(=O)c1ccc(N)cc1Cl.